The first kappa shape index (κ1) is 22.6. The van der Waals surface area contributed by atoms with Crippen molar-refractivity contribution >= 4 is 6.16 Å². The maximum absolute atomic E-state index is 10.8. The first-order chi connectivity index (χ1) is 10.6. The van der Waals surface area contributed by atoms with Crippen LogP contribution < -0.4 is 5.43 Å². The quantitative estimate of drug-likeness (QED) is 0.124. The normalized spacial score (nSPS) is 10.6. The van der Waals surface area contributed by atoms with Crippen molar-refractivity contribution in [2.45, 2.75) is 46.0 Å². The van der Waals surface area contributed by atoms with E-state index in [9.17, 15) is 10.0 Å². The molecule has 0 aliphatic heterocycles. The Labute approximate surface area is 130 Å². The number of nitrogens with zero attached hydrogens (tertiary/aromatic N) is 2. The number of unbranched alkanes of at least 4 members (excludes halogenated alkanes) is 2. The number of hydrazine groups is 1. The van der Waals surface area contributed by atoms with Crippen LogP contribution in [0.25, 0.3) is 0 Å². The Balaban J connectivity index is 0. The average molecular weight is 325 g/mol. The number of carboxylic acid groups (broad SMARTS) is 1. The Morgan fingerprint density at radius 2 is 1.95 bits per heavy atom. The van der Waals surface area contributed by atoms with Crippen LogP contribution in [0.1, 0.15) is 46.0 Å². The summed E-state index contributed by atoms with van der Waals surface area (Å²) in [6.45, 7) is 5.60. The molecule has 0 unspecified atom stereocenters. The van der Waals surface area contributed by atoms with Gasteiger partial charge in [0.2, 0.25) is 0 Å². The van der Waals surface area contributed by atoms with E-state index >= 15 is 0 Å². The van der Waals surface area contributed by atoms with Crippen molar-refractivity contribution in [2.75, 3.05) is 26.3 Å². The minimum absolute atomic E-state index is 0.285. The first-order valence-electron chi connectivity index (χ1n) is 7.25. The summed E-state index contributed by atoms with van der Waals surface area (Å²) in [5.74, 6) is 0. The Kier molecular flexibility index (Phi) is 19.9. The Bertz CT molecular complexity index is 277. The SMILES string of the molecule is CCCCOC(=O)O.CCCN[N+]([O-])=NCCCCOOO. The number of ether oxygens (including phenoxy) is 1. The van der Waals surface area contributed by atoms with E-state index in [4.69, 9.17) is 10.4 Å². The van der Waals surface area contributed by atoms with Crippen molar-refractivity contribution in [3.05, 3.63) is 5.21 Å². The topological polar surface area (TPSA) is 136 Å². The fourth-order valence-corrected chi connectivity index (χ4v) is 1.03. The molecular formula is C12H27N3O7. The molecule has 0 spiro atoms. The van der Waals surface area contributed by atoms with Gasteiger partial charge in [0.25, 0.3) is 0 Å². The van der Waals surface area contributed by atoms with E-state index in [0.29, 0.717) is 37.5 Å². The van der Waals surface area contributed by atoms with Gasteiger partial charge in [-0.1, -0.05) is 25.3 Å². The molecule has 0 aromatic carbocycles. The summed E-state index contributed by atoms with van der Waals surface area (Å²) in [7, 11) is 0. The monoisotopic (exact) mass is 325 g/mol. The van der Waals surface area contributed by atoms with Crippen molar-refractivity contribution in [1.29, 1.82) is 0 Å². The van der Waals surface area contributed by atoms with Crippen LogP contribution >= 0.6 is 0 Å². The third kappa shape index (κ3) is 23.4. The molecular weight excluding hydrogens is 298 g/mol. The lowest BCUT2D eigenvalue weighted by Crippen LogP contribution is -2.23. The fraction of sp³-hybridized carbons (Fsp3) is 0.917. The number of rotatable bonds is 12. The Hall–Kier alpha value is -1.65. The lowest BCUT2D eigenvalue weighted by Gasteiger charge is -2.00. The van der Waals surface area contributed by atoms with Crippen LogP contribution in [-0.2, 0) is 14.7 Å². The Morgan fingerprint density at radius 1 is 1.23 bits per heavy atom. The number of nitrogens with one attached hydrogen (secondary N) is 1. The second-order valence-electron chi connectivity index (χ2n) is 4.12. The van der Waals surface area contributed by atoms with E-state index in [-0.39, 0.29) is 6.61 Å². The van der Waals surface area contributed by atoms with Crippen LogP contribution in [0.4, 0.5) is 4.79 Å². The summed E-state index contributed by atoms with van der Waals surface area (Å²) in [5, 5.41) is 33.6. The van der Waals surface area contributed by atoms with Crippen LogP contribution in [0.2, 0.25) is 0 Å². The zero-order valence-corrected chi connectivity index (χ0v) is 13.2. The molecule has 10 heteroatoms. The van der Waals surface area contributed by atoms with Gasteiger partial charge < -0.3 is 15.1 Å². The summed E-state index contributed by atoms with van der Waals surface area (Å²) in [6.07, 6.45) is 2.86. The molecule has 0 heterocycles. The van der Waals surface area contributed by atoms with Crippen molar-refractivity contribution in [3.8, 4) is 0 Å². The number of hydrogen-bond acceptors (Lipinski definition) is 7. The van der Waals surface area contributed by atoms with Gasteiger partial charge >= 0.3 is 6.16 Å². The van der Waals surface area contributed by atoms with Crippen molar-refractivity contribution in [1.82, 2.24) is 5.43 Å². The molecule has 0 saturated carbocycles. The summed E-state index contributed by atoms with van der Waals surface area (Å²) in [5.41, 5.74) is 2.55. The molecule has 0 bridgehead atoms. The van der Waals surface area contributed by atoms with Gasteiger partial charge in [-0.25, -0.2) is 14.9 Å². The minimum atomic E-state index is -1.18. The van der Waals surface area contributed by atoms with E-state index in [1.807, 2.05) is 13.8 Å². The summed E-state index contributed by atoms with van der Waals surface area (Å²) in [4.78, 5) is 14.3. The van der Waals surface area contributed by atoms with Gasteiger partial charge in [0, 0.05) is 4.97 Å². The molecule has 3 N–H and O–H groups in total. The Morgan fingerprint density at radius 3 is 2.50 bits per heavy atom. The lowest BCUT2D eigenvalue weighted by atomic mass is 10.3. The van der Waals surface area contributed by atoms with Gasteiger partial charge in [0.15, 0.2) is 0 Å². The molecule has 0 aromatic rings. The summed E-state index contributed by atoms with van der Waals surface area (Å²) < 4.78 is 4.20. The molecule has 0 atom stereocenters. The lowest BCUT2D eigenvalue weighted by molar-refractivity contribution is -0.590. The second-order valence-corrected chi connectivity index (χ2v) is 4.12. The van der Waals surface area contributed by atoms with Gasteiger partial charge in [0.1, 0.15) is 6.54 Å². The molecule has 0 rings (SSSR count). The van der Waals surface area contributed by atoms with E-state index in [0.717, 1.165) is 19.3 Å². The predicted octanol–water partition coefficient (Wildman–Crippen LogP) is 2.55. The predicted molar refractivity (Wildman–Crippen MR) is 77.0 cm³/mol. The third-order valence-corrected chi connectivity index (χ3v) is 2.14. The van der Waals surface area contributed by atoms with Gasteiger partial charge in [-0.15, -0.1) is 0 Å². The largest absolute Gasteiger partial charge is 0.572 e. The highest BCUT2D eigenvalue weighted by atomic mass is 17.5. The van der Waals surface area contributed by atoms with Gasteiger partial charge in [-0.05, 0) is 30.8 Å². The summed E-state index contributed by atoms with van der Waals surface area (Å²) in [6, 6.07) is 0. The van der Waals surface area contributed by atoms with Crippen LogP contribution in [0.3, 0.4) is 0 Å². The maximum atomic E-state index is 10.8. The molecule has 132 valence electrons. The first-order valence-corrected chi connectivity index (χ1v) is 7.25. The molecule has 0 saturated heterocycles. The molecule has 0 radical (unpaired) electrons. The molecule has 0 aliphatic carbocycles. The highest BCUT2D eigenvalue weighted by molar-refractivity contribution is 5.56. The smallest absolute Gasteiger partial charge is 0.505 e. The molecule has 0 amide bonds. The molecule has 0 aromatic heterocycles. The molecule has 22 heavy (non-hydrogen) atoms. The summed E-state index contributed by atoms with van der Waals surface area (Å²) >= 11 is 0. The molecule has 0 aliphatic rings. The van der Waals surface area contributed by atoms with E-state index < -0.39 is 6.16 Å². The van der Waals surface area contributed by atoms with Crippen LogP contribution in [-0.4, -0.2) is 47.8 Å². The fourth-order valence-electron chi connectivity index (χ4n) is 1.03. The van der Waals surface area contributed by atoms with E-state index in [1.54, 1.807) is 0 Å². The zero-order chi connectivity index (χ0) is 17.1. The average Bonchev–Trinajstić information content (AvgIpc) is 2.49. The highest BCUT2D eigenvalue weighted by Crippen LogP contribution is 1.91. The van der Waals surface area contributed by atoms with E-state index in [1.165, 1.54) is 0 Å². The number of hydrogen-bond donors (Lipinski definition) is 3. The van der Waals surface area contributed by atoms with Gasteiger partial charge in [-0.2, -0.15) is 5.43 Å². The van der Waals surface area contributed by atoms with Crippen molar-refractivity contribution < 1.29 is 34.8 Å². The van der Waals surface area contributed by atoms with Gasteiger partial charge in [-0.3, -0.25) is 0 Å². The third-order valence-electron chi connectivity index (χ3n) is 2.14. The van der Waals surface area contributed by atoms with Crippen molar-refractivity contribution in [3.63, 3.8) is 0 Å². The highest BCUT2D eigenvalue weighted by Gasteiger charge is 1.94. The minimum Gasteiger partial charge on any atom is -0.572 e. The molecule has 0 fully saturated rings. The zero-order valence-electron chi connectivity index (χ0n) is 13.2. The standard InChI is InChI=1S/C7H17N3O4.C5H10O3/c1-2-5-8-10(11)9-6-3-4-7-13-14-12;1-2-3-4-8-5(6)7/h12H,2-7H2,1H3,(H,8,9);2-4H2,1H3,(H,6,7). The molecule has 10 nitrogen and oxygen atoms in total. The number of carbonyl (C=O) groups is 1. The second kappa shape index (κ2) is 19.4. The van der Waals surface area contributed by atoms with E-state index in [2.05, 4.69) is 25.2 Å². The maximum Gasteiger partial charge on any atom is 0.505 e. The van der Waals surface area contributed by atoms with Crippen LogP contribution in [0.5, 0.6) is 0 Å². The van der Waals surface area contributed by atoms with Gasteiger partial charge in [0.05, 0.1) is 19.8 Å². The van der Waals surface area contributed by atoms with Crippen LogP contribution in [0, 0.1) is 5.21 Å². The van der Waals surface area contributed by atoms with Crippen LogP contribution in [0.15, 0.2) is 5.11 Å². The van der Waals surface area contributed by atoms with Crippen molar-refractivity contribution in [2.24, 2.45) is 5.11 Å².